The first-order valence-corrected chi connectivity index (χ1v) is 6.71. The van der Waals surface area contributed by atoms with Gasteiger partial charge in [0.25, 0.3) is 0 Å². The Morgan fingerprint density at radius 1 is 1.42 bits per heavy atom. The molecule has 0 radical (unpaired) electrons. The van der Waals surface area contributed by atoms with E-state index in [1.54, 1.807) is 14.0 Å². The van der Waals surface area contributed by atoms with E-state index in [4.69, 9.17) is 5.73 Å². The SMILES string of the molecule is CCCNC(C)(CC(C)CC(NC)C(N)=O)C(=O)O. The monoisotopic (exact) mass is 273 g/mol. The van der Waals surface area contributed by atoms with E-state index in [0.29, 0.717) is 19.4 Å². The highest BCUT2D eigenvalue weighted by Crippen LogP contribution is 2.21. The molecular weight excluding hydrogens is 246 g/mol. The molecule has 0 aliphatic carbocycles. The summed E-state index contributed by atoms with van der Waals surface area (Å²) in [4.78, 5) is 22.5. The van der Waals surface area contributed by atoms with Gasteiger partial charge in [0, 0.05) is 0 Å². The van der Waals surface area contributed by atoms with Crippen molar-refractivity contribution in [3.63, 3.8) is 0 Å². The number of carboxylic acid groups (broad SMARTS) is 1. The van der Waals surface area contributed by atoms with Crippen LogP contribution in [0.15, 0.2) is 0 Å². The Bertz CT molecular complexity index is 310. The lowest BCUT2D eigenvalue weighted by Crippen LogP contribution is -2.51. The van der Waals surface area contributed by atoms with Crippen LogP contribution < -0.4 is 16.4 Å². The van der Waals surface area contributed by atoms with Crippen LogP contribution in [0.4, 0.5) is 0 Å². The smallest absolute Gasteiger partial charge is 0.323 e. The van der Waals surface area contributed by atoms with Crippen LogP contribution in [0.5, 0.6) is 0 Å². The topological polar surface area (TPSA) is 104 Å². The van der Waals surface area contributed by atoms with Gasteiger partial charge in [-0.2, -0.15) is 0 Å². The van der Waals surface area contributed by atoms with Gasteiger partial charge in [-0.1, -0.05) is 13.8 Å². The Morgan fingerprint density at radius 2 is 2.00 bits per heavy atom. The van der Waals surface area contributed by atoms with Crippen LogP contribution in [0.1, 0.15) is 40.0 Å². The number of likely N-dealkylation sites (N-methyl/N-ethyl adjacent to an activating group) is 1. The lowest BCUT2D eigenvalue weighted by atomic mass is 9.86. The normalized spacial score (nSPS) is 17.5. The third-order valence-electron chi connectivity index (χ3n) is 3.32. The second kappa shape index (κ2) is 8.12. The van der Waals surface area contributed by atoms with Crippen molar-refractivity contribution in [2.45, 2.75) is 51.6 Å². The van der Waals surface area contributed by atoms with Gasteiger partial charge in [-0.05, 0) is 45.7 Å². The van der Waals surface area contributed by atoms with Gasteiger partial charge in [0.05, 0.1) is 6.04 Å². The van der Waals surface area contributed by atoms with Crippen molar-refractivity contribution in [1.29, 1.82) is 0 Å². The molecule has 1 amide bonds. The third-order valence-corrected chi connectivity index (χ3v) is 3.32. The lowest BCUT2D eigenvalue weighted by molar-refractivity contribution is -0.145. The summed E-state index contributed by atoms with van der Waals surface area (Å²) in [5.74, 6) is -1.21. The van der Waals surface area contributed by atoms with Crippen LogP contribution in [-0.4, -0.2) is 42.2 Å². The van der Waals surface area contributed by atoms with E-state index in [1.165, 1.54) is 0 Å². The summed E-state index contributed by atoms with van der Waals surface area (Å²) in [6.45, 7) is 6.26. The molecule has 6 nitrogen and oxygen atoms in total. The van der Waals surface area contributed by atoms with Crippen molar-refractivity contribution >= 4 is 11.9 Å². The molecule has 0 rings (SSSR count). The Hall–Kier alpha value is -1.14. The highest BCUT2D eigenvalue weighted by Gasteiger charge is 2.34. The molecule has 3 unspecified atom stereocenters. The first-order chi connectivity index (χ1) is 8.76. The minimum absolute atomic E-state index is 0.0652. The number of hydrogen-bond donors (Lipinski definition) is 4. The van der Waals surface area contributed by atoms with Crippen LogP contribution in [0.2, 0.25) is 0 Å². The molecule has 0 aromatic heterocycles. The number of carbonyl (C=O) groups excluding carboxylic acids is 1. The average Bonchev–Trinajstić information content (AvgIpc) is 2.32. The largest absolute Gasteiger partial charge is 0.480 e. The molecule has 0 spiro atoms. The molecule has 0 aromatic rings. The molecular formula is C13H27N3O3. The van der Waals surface area contributed by atoms with E-state index in [0.717, 1.165) is 6.42 Å². The molecule has 6 heteroatoms. The van der Waals surface area contributed by atoms with Gasteiger partial charge >= 0.3 is 5.97 Å². The maximum atomic E-state index is 11.4. The zero-order chi connectivity index (χ0) is 15.1. The molecule has 0 aliphatic rings. The summed E-state index contributed by atoms with van der Waals surface area (Å²) in [6, 6.07) is -0.417. The summed E-state index contributed by atoms with van der Waals surface area (Å²) in [7, 11) is 1.67. The fourth-order valence-corrected chi connectivity index (χ4v) is 2.19. The van der Waals surface area contributed by atoms with E-state index in [-0.39, 0.29) is 5.92 Å². The molecule has 0 fully saturated rings. The molecule has 0 saturated carbocycles. The molecule has 0 bridgehead atoms. The summed E-state index contributed by atoms with van der Waals surface area (Å²) in [5.41, 5.74) is 4.30. The van der Waals surface area contributed by atoms with Gasteiger partial charge in [-0.25, -0.2) is 0 Å². The van der Waals surface area contributed by atoms with Gasteiger partial charge in [0.2, 0.25) is 5.91 Å². The number of nitrogens with one attached hydrogen (secondary N) is 2. The number of carbonyl (C=O) groups is 2. The van der Waals surface area contributed by atoms with E-state index in [2.05, 4.69) is 10.6 Å². The van der Waals surface area contributed by atoms with Crippen LogP contribution >= 0.6 is 0 Å². The predicted octanol–water partition coefficient (Wildman–Crippen LogP) is 0.319. The van der Waals surface area contributed by atoms with Crippen molar-refractivity contribution < 1.29 is 14.7 Å². The second-order valence-corrected chi connectivity index (χ2v) is 5.35. The van der Waals surface area contributed by atoms with Crippen molar-refractivity contribution in [1.82, 2.24) is 10.6 Å². The second-order valence-electron chi connectivity index (χ2n) is 5.35. The number of rotatable bonds is 10. The van der Waals surface area contributed by atoms with Gasteiger partial charge in [0.15, 0.2) is 0 Å². The van der Waals surface area contributed by atoms with Gasteiger partial charge in [-0.15, -0.1) is 0 Å². The average molecular weight is 273 g/mol. The van der Waals surface area contributed by atoms with Crippen molar-refractivity contribution in [3.05, 3.63) is 0 Å². The van der Waals surface area contributed by atoms with Crippen molar-refractivity contribution in [3.8, 4) is 0 Å². The van der Waals surface area contributed by atoms with Crippen molar-refractivity contribution in [2.24, 2.45) is 11.7 Å². The Kier molecular flexibility index (Phi) is 7.63. The molecule has 0 aromatic carbocycles. The summed E-state index contributed by atoms with van der Waals surface area (Å²) in [6.07, 6.45) is 1.86. The maximum absolute atomic E-state index is 11.4. The van der Waals surface area contributed by atoms with Gasteiger partial charge in [-0.3, -0.25) is 9.59 Å². The van der Waals surface area contributed by atoms with Crippen LogP contribution in [-0.2, 0) is 9.59 Å². The highest BCUT2D eigenvalue weighted by atomic mass is 16.4. The van der Waals surface area contributed by atoms with Crippen LogP contribution in [0.25, 0.3) is 0 Å². The fourth-order valence-electron chi connectivity index (χ4n) is 2.19. The molecule has 19 heavy (non-hydrogen) atoms. The predicted molar refractivity (Wildman–Crippen MR) is 74.8 cm³/mol. The standard InChI is InChI=1S/C13H27N3O3/c1-5-6-16-13(3,12(18)19)8-9(2)7-10(15-4)11(14)17/h9-10,15-16H,5-8H2,1-4H3,(H2,14,17)(H,18,19). The Morgan fingerprint density at radius 3 is 2.37 bits per heavy atom. The highest BCUT2D eigenvalue weighted by molar-refractivity contribution is 5.80. The Labute approximate surface area is 115 Å². The van der Waals surface area contributed by atoms with Crippen LogP contribution in [0, 0.1) is 5.92 Å². The zero-order valence-corrected chi connectivity index (χ0v) is 12.3. The number of amides is 1. The first kappa shape index (κ1) is 17.9. The molecule has 3 atom stereocenters. The van der Waals surface area contributed by atoms with E-state index in [9.17, 15) is 14.7 Å². The zero-order valence-electron chi connectivity index (χ0n) is 12.3. The minimum Gasteiger partial charge on any atom is -0.480 e. The quantitative estimate of drug-likeness (QED) is 0.459. The molecule has 5 N–H and O–H groups in total. The summed E-state index contributed by atoms with van der Waals surface area (Å²) in [5, 5.41) is 15.2. The van der Waals surface area contributed by atoms with Gasteiger partial charge < -0.3 is 21.5 Å². The first-order valence-electron chi connectivity index (χ1n) is 6.71. The molecule has 0 heterocycles. The molecule has 112 valence electrons. The maximum Gasteiger partial charge on any atom is 0.323 e. The number of carboxylic acids is 1. The van der Waals surface area contributed by atoms with Crippen molar-refractivity contribution in [2.75, 3.05) is 13.6 Å². The summed E-state index contributed by atoms with van der Waals surface area (Å²) >= 11 is 0. The van der Waals surface area contributed by atoms with Gasteiger partial charge in [0.1, 0.15) is 5.54 Å². The fraction of sp³-hybridized carbons (Fsp3) is 0.846. The number of hydrogen-bond acceptors (Lipinski definition) is 4. The number of primary amides is 1. The van der Waals surface area contributed by atoms with E-state index in [1.807, 2.05) is 13.8 Å². The Balaban J connectivity index is 4.58. The lowest BCUT2D eigenvalue weighted by Gasteiger charge is -2.30. The minimum atomic E-state index is -0.967. The van der Waals surface area contributed by atoms with Crippen LogP contribution in [0.3, 0.4) is 0 Å². The number of aliphatic carboxylic acids is 1. The van der Waals surface area contributed by atoms with E-state index >= 15 is 0 Å². The summed E-state index contributed by atoms with van der Waals surface area (Å²) < 4.78 is 0. The third kappa shape index (κ3) is 6.02. The molecule has 0 aliphatic heterocycles. The molecule has 0 saturated heterocycles. The number of nitrogens with two attached hydrogens (primary N) is 1. The van der Waals surface area contributed by atoms with E-state index < -0.39 is 23.5 Å².